The van der Waals surface area contributed by atoms with Gasteiger partial charge in [0.05, 0.1) is 0 Å². The first-order chi connectivity index (χ1) is 8.15. The average Bonchev–Trinajstić information content (AvgIpc) is 2.29. The molecule has 0 aromatic heterocycles. The molecule has 1 saturated heterocycles. The van der Waals surface area contributed by atoms with E-state index in [1.54, 1.807) is 0 Å². The summed E-state index contributed by atoms with van der Waals surface area (Å²) in [6.07, 6.45) is 2.03. The Labute approximate surface area is 110 Å². The number of carbonyl (C=O) groups is 1. The standard InChI is InChI=1S/C13H17BrN2O/c1-9-6-10(8-11(14)7-9)13(17)16-12-2-4-15-5-3-12/h6-8,12,15H,2-5H2,1H3,(H,16,17). The fourth-order valence-electron chi connectivity index (χ4n) is 2.10. The van der Waals surface area contributed by atoms with Crippen LogP contribution in [0.4, 0.5) is 0 Å². The average molecular weight is 297 g/mol. The van der Waals surface area contributed by atoms with E-state index in [0.717, 1.165) is 41.5 Å². The molecule has 0 atom stereocenters. The minimum atomic E-state index is 0.0290. The van der Waals surface area contributed by atoms with Gasteiger partial charge in [-0.2, -0.15) is 0 Å². The highest BCUT2D eigenvalue weighted by Gasteiger charge is 2.16. The van der Waals surface area contributed by atoms with E-state index in [4.69, 9.17) is 0 Å². The van der Waals surface area contributed by atoms with Crippen LogP contribution in [0.3, 0.4) is 0 Å². The molecule has 0 saturated carbocycles. The summed E-state index contributed by atoms with van der Waals surface area (Å²) < 4.78 is 0.952. The first kappa shape index (κ1) is 12.6. The topological polar surface area (TPSA) is 41.1 Å². The molecule has 0 radical (unpaired) electrons. The minimum absolute atomic E-state index is 0.0290. The maximum atomic E-state index is 12.1. The van der Waals surface area contributed by atoms with Crippen LogP contribution in [0, 0.1) is 6.92 Å². The van der Waals surface area contributed by atoms with Crippen LogP contribution in [-0.4, -0.2) is 25.0 Å². The van der Waals surface area contributed by atoms with Crippen LogP contribution < -0.4 is 10.6 Å². The lowest BCUT2D eigenvalue weighted by Gasteiger charge is -2.23. The molecule has 3 nitrogen and oxygen atoms in total. The Morgan fingerprint density at radius 3 is 2.71 bits per heavy atom. The number of aryl methyl sites for hydroxylation is 1. The van der Waals surface area contributed by atoms with Crippen molar-refractivity contribution in [3.63, 3.8) is 0 Å². The second-order valence-electron chi connectivity index (χ2n) is 4.51. The molecular weight excluding hydrogens is 280 g/mol. The Hall–Kier alpha value is -0.870. The molecule has 0 aliphatic carbocycles. The van der Waals surface area contributed by atoms with Crippen LogP contribution in [0.1, 0.15) is 28.8 Å². The fourth-order valence-corrected chi connectivity index (χ4v) is 2.71. The molecule has 1 fully saturated rings. The minimum Gasteiger partial charge on any atom is -0.349 e. The summed E-state index contributed by atoms with van der Waals surface area (Å²) in [7, 11) is 0. The van der Waals surface area contributed by atoms with Crippen LogP contribution in [0.15, 0.2) is 22.7 Å². The second-order valence-corrected chi connectivity index (χ2v) is 5.43. The van der Waals surface area contributed by atoms with Crippen molar-refractivity contribution in [1.29, 1.82) is 0 Å². The molecule has 0 bridgehead atoms. The van der Waals surface area contributed by atoms with Gasteiger partial charge in [-0.05, 0) is 56.6 Å². The Kier molecular flexibility index (Phi) is 4.18. The summed E-state index contributed by atoms with van der Waals surface area (Å²) in [6, 6.07) is 6.09. The van der Waals surface area contributed by atoms with Crippen molar-refractivity contribution in [2.75, 3.05) is 13.1 Å². The summed E-state index contributed by atoms with van der Waals surface area (Å²) in [5.41, 5.74) is 1.82. The lowest BCUT2D eigenvalue weighted by molar-refractivity contribution is 0.0929. The van der Waals surface area contributed by atoms with Gasteiger partial charge < -0.3 is 10.6 Å². The highest BCUT2D eigenvalue weighted by atomic mass is 79.9. The second kappa shape index (κ2) is 5.65. The molecule has 1 aliphatic rings. The van der Waals surface area contributed by atoms with Gasteiger partial charge in [-0.25, -0.2) is 0 Å². The van der Waals surface area contributed by atoms with E-state index < -0.39 is 0 Å². The lowest BCUT2D eigenvalue weighted by atomic mass is 10.1. The van der Waals surface area contributed by atoms with Crippen molar-refractivity contribution >= 4 is 21.8 Å². The van der Waals surface area contributed by atoms with Crippen molar-refractivity contribution < 1.29 is 4.79 Å². The molecule has 2 rings (SSSR count). The van der Waals surface area contributed by atoms with Crippen molar-refractivity contribution in [3.05, 3.63) is 33.8 Å². The Morgan fingerprint density at radius 1 is 1.35 bits per heavy atom. The number of halogens is 1. The number of piperidine rings is 1. The Balaban J connectivity index is 2.03. The van der Waals surface area contributed by atoms with Crippen LogP contribution in [0.5, 0.6) is 0 Å². The van der Waals surface area contributed by atoms with Crippen molar-refractivity contribution in [1.82, 2.24) is 10.6 Å². The van der Waals surface area contributed by atoms with E-state index in [1.807, 2.05) is 25.1 Å². The van der Waals surface area contributed by atoms with E-state index in [2.05, 4.69) is 26.6 Å². The van der Waals surface area contributed by atoms with Crippen LogP contribution in [0.25, 0.3) is 0 Å². The van der Waals surface area contributed by atoms with Gasteiger partial charge in [-0.15, -0.1) is 0 Å². The molecule has 1 aliphatic heterocycles. The Morgan fingerprint density at radius 2 is 2.06 bits per heavy atom. The maximum Gasteiger partial charge on any atom is 0.251 e. The molecule has 1 aromatic carbocycles. The molecule has 1 heterocycles. The first-order valence-corrected chi connectivity index (χ1v) is 6.73. The molecule has 0 unspecified atom stereocenters. The zero-order valence-corrected chi connectivity index (χ0v) is 11.5. The molecule has 1 aromatic rings. The molecule has 1 amide bonds. The highest BCUT2D eigenvalue weighted by molar-refractivity contribution is 9.10. The molecule has 92 valence electrons. The predicted octanol–water partition coefficient (Wildman–Crippen LogP) is 2.24. The molecule has 17 heavy (non-hydrogen) atoms. The van der Waals surface area contributed by atoms with Gasteiger partial charge in [-0.3, -0.25) is 4.79 Å². The first-order valence-electron chi connectivity index (χ1n) is 5.94. The van der Waals surface area contributed by atoms with Crippen molar-refractivity contribution in [3.8, 4) is 0 Å². The van der Waals surface area contributed by atoms with Crippen molar-refractivity contribution in [2.24, 2.45) is 0 Å². The number of hydrogen-bond acceptors (Lipinski definition) is 2. The lowest BCUT2D eigenvalue weighted by Crippen LogP contribution is -2.42. The van der Waals surface area contributed by atoms with Gasteiger partial charge in [0, 0.05) is 16.1 Å². The zero-order chi connectivity index (χ0) is 12.3. The van der Waals surface area contributed by atoms with Crippen LogP contribution >= 0.6 is 15.9 Å². The maximum absolute atomic E-state index is 12.1. The summed E-state index contributed by atoms with van der Waals surface area (Å²) in [6.45, 7) is 3.97. The highest BCUT2D eigenvalue weighted by Crippen LogP contribution is 2.15. The van der Waals surface area contributed by atoms with Crippen molar-refractivity contribution in [2.45, 2.75) is 25.8 Å². The number of hydrogen-bond donors (Lipinski definition) is 2. The van der Waals surface area contributed by atoms with E-state index >= 15 is 0 Å². The van der Waals surface area contributed by atoms with E-state index in [1.165, 1.54) is 0 Å². The van der Waals surface area contributed by atoms with Gasteiger partial charge in [0.15, 0.2) is 0 Å². The third-order valence-electron chi connectivity index (χ3n) is 2.98. The van der Waals surface area contributed by atoms with Gasteiger partial charge in [-0.1, -0.05) is 15.9 Å². The zero-order valence-electron chi connectivity index (χ0n) is 9.92. The number of carbonyl (C=O) groups excluding carboxylic acids is 1. The number of nitrogens with one attached hydrogen (secondary N) is 2. The van der Waals surface area contributed by atoms with Crippen LogP contribution in [-0.2, 0) is 0 Å². The smallest absolute Gasteiger partial charge is 0.251 e. The monoisotopic (exact) mass is 296 g/mol. The van der Waals surface area contributed by atoms with E-state index in [9.17, 15) is 4.79 Å². The number of benzene rings is 1. The molecule has 4 heteroatoms. The van der Waals surface area contributed by atoms with Gasteiger partial charge >= 0.3 is 0 Å². The SMILES string of the molecule is Cc1cc(Br)cc(C(=O)NC2CCNCC2)c1. The summed E-state index contributed by atoms with van der Waals surface area (Å²) >= 11 is 3.42. The number of amides is 1. The summed E-state index contributed by atoms with van der Waals surface area (Å²) in [5.74, 6) is 0.0290. The molecular formula is C13H17BrN2O. The van der Waals surface area contributed by atoms with E-state index in [0.29, 0.717) is 6.04 Å². The van der Waals surface area contributed by atoms with E-state index in [-0.39, 0.29) is 5.91 Å². The fraction of sp³-hybridized carbons (Fsp3) is 0.462. The molecule has 2 N–H and O–H groups in total. The molecule has 0 spiro atoms. The number of rotatable bonds is 2. The summed E-state index contributed by atoms with van der Waals surface area (Å²) in [5, 5.41) is 6.38. The predicted molar refractivity (Wildman–Crippen MR) is 72.2 cm³/mol. The van der Waals surface area contributed by atoms with Crippen LogP contribution in [0.2, 0.25) is 0 Å². The normalized spacial score (nSPS) is 16.8. The van der Waals surface area contributed by atoms with Gasteiger partial charge in [0.2, 0.25) is 0 Å². The summed E-state index contributed by atoms with van der Waals surface area (Å²) in [4.78, 5) is 12.1. The quantitative estimate of drug-likeness (QED) is 0.879. The van der Waals surface area contributed by atoms with Gasteiger partial charge in [0.25, 0.3) is 5.91 Å². The Bertz CT molecular complexity index is 394. The third kappa shape index (κ3) is 3.54. The third-order valence-corrected chi connectivity index (χ3v) is 3.44. The largest absolute Gasteiger partial charge is 0.349 e. The van der Waals surface area contributed by atoms with Gasteiger partial charge in [0.1, 0.15) is 0 Å².